The Morgan fingerprint density at radius 2 is 1.88 bits per heavy atom. The lowest BCUT2D eigenvalue weighted by Crippen LogP contribution is -2.48. The van der Waals surface area contributed by atoms with Crippen molar-refractivity contribution in [2.45, 2.75) is 38.0 Å². The van der Waals surface area contributed by atoms with Crippen LogP contribution in [0, 0.1) is 0 Å². The number of benzene rings is 1. The first-order valence-electron chi connectivity index (χ1n) is 8.09. The minimum atomic E-state index is -4.53. The number of likely N-dealkylation sites (tertiary alicyclic amines) is 1. The van der Waals surface area contributed by atoms with E-state index in [0.29, 0.717) is 32.5 Å². The molecule has 1 saturated heterocycles. The number of hydrogen-bond acceptors (Lipinski definition) is 2. The van der Waals surface area contributed by atoms with Gasteiger partial charge in [-0.15, -0.1) is 0 Å². The van der Waals surface area contributed by atoms with Crippen LogP contribution >= 0.6 is 0 Å². The van der Waals surface area contributed by atoms with Crippen molar-refractivity contribution in [2.75, 3.05) is 19.7 Å². The maximum Gasteiger partial charge on any atom is 0.417 e. The maximum atomic E-state index is 13.1. The molecule has 0 radical (unpaired) electrons. The topological polar surface area (TPSA) is 29.5 Å². The summed E-state index contributed by atoms with van der Waals surface area (Å²) in [6.45, 7) is 3.51. The number of amides is 1. The van der Waals surface area contributed by atoms with Crippen LogP contribution in [0.3, 0.4) is 0 Å². The second-order valence-corrected chi connectivity index (χ2v) is 6.49. The Hall–Kier alpha value is -1.82. The average Bonchev–Trinajstić information content (AvgIpc) is 2.54. The lowest BCUT2D eigenvalue weighted by molar-refractivity contribution is -0.138. The monoisotopic (exact) mass is 339 g/mol. The zero-order valence-electron chi connectivity index (χ0n) is 13.5. The van der Waals surface area contributed by atoms with Crippen molar-refractivity contribution in [2.24, 2.45) is 0 Å². The van der Waals surface area contributed by atoms with E-state index in [1.807, 2.05) is 0 Å². The molecule has 1 fully saturated rings. The van der Waals surface area contributed by atoms with Crippen molar-refractivity contribution < 1.29 is 22.7 Å². The van der Waals surface area contributed by atoms with E-state index in [0.717, 1.165) is 12.5 Å². The first-order chi connectivity index (χ1) is 11.3. The molecule has 0 aliphatic carbocycles. The molecule has 3 nitrogen and oxygen atoms in total. The van der Waals surface area contributed by atoms with E-state index in [1.54, 1.807) is 0 Å². The predicted octanol–water partition coefficient (Wildman–Crippen LogP) is 4.05. The number of alkyl halides is 3. The molecule has 0 bridgehead atoms. The highest BCUT2D eigenvalue weighted by molar-refractivity contribution is 5.96. The Morgan fingerprint density at radius 3 is 2.50 bits per heavy atom. The SMILES string of the molecule is CC1=CC2(CCN(C(=O)c3ccccc3C(F)(F)F)CC2)OCC1. The second-order valence-electron chi connectivity index (χ2n) is 6.49. The number of nitrogens with zero attached hydrogens (tertiary/aromatic N) is 1. The molecule has 0 N–H and O–H groups in total. The van der Waals surface area contributed by atoms with Crippen LogP contribution in [0.1, 0.15) is 42.1 Å². The maximum absolute atomic E-state index is 13.1. The molecule has 0 aromatic heterocycles. The predicted molar refractivity (Wildman–Crippen MR) is 83.6 cm³/mol. The van der Waals surface area contributed by atoms with E-state index in [-0.39, 0.29) is 11.2 Å². The Balaban J connectivity index is 1.76. The zero-order valence-corrected chi connectivity index (χ0v) is 13.5. The number of carbonyl (C=O) groups is 1. The van der Waals surface area contributed by atoms with E-state index in [2.05, 4.69) is 13.0 Å². The smallest absolute Gasteiger partial charge is 0.370 e. The lowest BCUT2D eigenvalue weighted by Gasteiger charge is -2.42. The standard InChI is InChI=1S/C18H20F3NO2/c1-13-6-11-24-17(12-13)7-9-22(10-8-17)16(23)14-4-2-3-5-15(14)18(19,20)21/h2-5,12H,6-11H2,1H3. The van der Waals surface area contributed by atoms with E-state index in [4.69, 9.17) is 4.74 Å². The molecule has 24 heavy (non-hydrogen) atoms. The van der Waals surface area contributed by atoms with Crippen molar-refractivity contribution >= 4 is 5.91 Å². The van der Waals surface area contributed by atoms with E-state index in [9.17, 15) is 18.0 Å². The fraction of sp³-hybridized carbons (Fsp3) is 0.500. The van der Waals surface area contributed by atoms with Gasteiger partial charge >= 0.3 is 6.18 Å². The first kappa shape index (κ1) is 17.0. The lowest BCUT2D eigenvalue weighted by atomic mass is 9.86. The van der Waals surface area contributed by atoms with Crippen LogP contribution in [0.15, 0.2) is 35.9 Å². The van der Waals surface area contributed by atoms with Gasteiger partial charge in [-0.25, -0.2) is 0 Å². The van der Waals surface area contributed by atoms with Crippen molar-refractivity contribution in [3.63, 3.8) is 0 Å². The third kappa shape index (κ3) is 3.34. The number of hydrogen-bond donors (Lipinski definition) is 0. The highest BCUT2D eigenvalue weighted by Gasteiger charge is 2.39. The van der Waals surface area contributed by atoms with Gasteiger partial charge in [-0.1, -0.05) is 23.8 Å². The second kappa shape index (κ2) is 6.24. The first-order valence-corrected chi connectivity index (χ1v) is 8.09. The van der Waals surface area contributed by atoms with Crippen molar-refractivity contribution in [3.8, 4) is 0 Å². The fourth-order valence-corrected chi connectivity index (χ4v) is 3.44. The molecule has 0 saturated carbocycles. The normalized spacial score (nSPS) is 20.8. The summed E-state index contributed by atoms with van der Waals surface area (Å²) in [5.41, 5.74) is -0.247. The van der Waals surface area contributed by atoms with Crippen LogP contribution in [0.2, 0.25) is 0 Å². The minimum Gasteiger partial charge on any atom is -0.370 e. The van der Waals surface area contributed by atoms with Crippen LogP contribution in [0.4, 0.5) is 13.2 Å². The third-order valence-corrected chi connectivity index (χ3v) is 4.76. The van der Waals surface area contributed by atoms with Crippen LogP contribution in [0.25, 0.3) is 0 Å². The number of rotatable bonds is 1. The van der Waals surface area contributed by atoms with Crippen molar-refractivity contribution in [1.29, 1.82) is 0 Å². The highest BCUT2D eigenvalue weighted by atomic mass is 19.4. The summed E-state index contributed by atoms with van der Waals surface area (Å²) in [5, 5.41) is 0. The van der Waals surface area contributed by atoms with Gasteiger partial charge in [0, 0.05) is 13.1 Å². The molecule has 130 valence electrons. The van der Waals surface area contributed by atoms with Crippen LogP contribution < -0.4 is 0 Å². The number of halogens is 3. The summed E-state index contributed by atoms with van der Waals surface area (Å²) in [6.07, 6.45) is -0.282. The molecule has 2 aliphatic heterocycles. The summed E-state index contributed by atoms with van der Waals surface area (Å²) in [7, 11) is 0. The molecule has 1 aromatic rings. The summed E-state index contributed by atoms with van der Waals surface area (Å²) in [6, 6.07) is 4.96. The van der Waals surface area contributed by atoms with Crippen LogP contribution in [-0.2, 0) is 10.9 Å². The summed E-state index contributed by atoms with van der Waals surface area (Å²) in [5.74, 6) is -0.561. The van der Waals surface area contributed by atoms with Gasteiger partial charge in [0.1, 0.15) is 0 Å². The zero-order chi connectivity index (χ0) is 17.4. The van der Waals surface area contributed by atoms with E-state index in [1.165, 1.54) is 28.7 Å². The number of carbonyl (C=O) groups excluding carboxylic acids is 1. The summed E-state index contributed by atoms with van der Waals surface area (Å²) < 4.78 is 45.2. The van der Waals surface area contributed by atoms with Gasteiger partial charge in [-0.3, -0.25) is 4.79 Å². The minimum absolute atomic E-state index is 0.280. The molecule has 6 heteroatoms. The molecule has 1 spiro atoms. The molecular weight excluding hydrogens is 319 g/mol. The average molecular weight is 339 g/mol. The van der Waals surface area contributed by atoms with Crippen LogP contribution in [-0.4, -0.2) is 36.1 Å². The fourth-order valence-electron chi connectivity index (χ4n) is 3.44. The highest BCUT2D eigenvalue weighted by Crippen LogP contribution is 2.35. The quantitative estimate of drug-likeness (QED) is 0.723. The Labute approximate surface area is 139 Å². The number of piperidine rings is 1. The molecule has 0 atom stereocenters. The number of ether oxygens (including phenoxy) is 1. The van der Waals surface area contributed by atoms with Gasteiger partial charge in [0.25, 0.3) is 5.91 Å². The van der Waals surface area contributed by atoms with Crippen molar-refractivity contribution in [3.05, 3.63) is 47.0 Å². The summed E-state index contributed by atoms with van der Waals surface area (Å²) in [4.78, 5) is 14.1. The van der Waals surface area contributed by atoms with Crippen LogP contribution in [0.5, 0.6) is 0 Å². The molecule has 3 rings (SSSR count). The molecule has 0 unspecified atom stereocenters. The van der Waals surface area contributed by atoms with Gasteiger partial charge in [-0.05, 0) is 38.3 Å². The van der Waals surface area contributed by atoms with Gasteiger partial charge < -0.3 is 9.64 Å². The molecule has 1 aromatic carbocycles. The Morgan fingerprint density at radius 1 is 1.21 bits per heavy atom. The molecule has 2 heterocycles. The molecular formula is C18H20F3NO2. The van der Waals surface area contributed by atoms with E-state index >= 15 is 0 Å². The largest absolute Gasteiger partial charge is 0.417 e. The molecule has 1 amide bonds. The molecule has 2 aliphatic rings. The third-order valence-electron chi connectivity index (χ3n) is 4.76. The van der Waals surface area contributed by atoms with Crippen molar-refractivity contribution in [1.82, 2.24) is 4.90 Å². The van der Waals surface area contributed by atoms with Gasteiger partial charge in [0.2, 0.25) is 0 Å². The van der Waals surface area contributed by atoms with E-state index < -0.39 is 17.6 Å². The Kier molecular flexibility index (Phi) is 4.42. The van der Waals surface area contributed by atoms with Gasteiger partial charge in [-0.2, -0.15) is 13.2 Å². The van der Waals surface area contributed by atoms with Gasteiger partial charge in [0.05, 0.1) is 23.3 Å². The van der Waals surface area contributed by atoms with Gasteiger partial charge in [0.15, 0.2) is 0 Å². The Bertz CT molecular complexity index is 658. The summed E-state index contributed by atoms with van der Waals surface area (Å²) >= 11 is 0.